The first-order valence-electron chi connectivity index (χ1n) is 7.69. The Labute approximate surface area is 144 Å². The van der Waals surface area contributed by atoms with E-state index >= 15 is 0 Å². The van der Waals surface area contributed by atoms with Crippen molar-refractivity contribution in [3.8, 4) is 5.75 Å². The summed E-state index contributed by atoms with van der Waals surface area (Å²) in [6.07, 6.45) is 0. The summed E-state index contributed by atoms with van der Waals surface area (Å²) in [7, 11) is 3.93. The largest absolute Gasteiger partial charge is 0.494 e. The minimum atomic E-state index is -0.163. The normalized spacial score (nSPS) is 10.6. The van der Waals surface area contributed by atoms with Crippen molar-refractivity contribution >= 4 is 38.3 Å². The van der Waals surface area contributed by atoms with Gasteiger partial charge in [0.1, 0.15) is 5.75 Å². The van der Waals surface area contributed by atoms with Gasteiger partial charge in [-0.05, 0) is 49.4 Å². The molecule has 0 spiro atoms. The molecule has 0 saturated carbocycles. The Bertz CT molecular complexity index is 856. The average Bonchev–Trinajstić information content (AvgIpc) is 2.96. The first kappa shape index (κ1) is 16.3. The molecule has 1 aromatic heterocycles. The zero-order valence-corrected chi connectivity index (χ0v) is 14.7. The van der Waals surface area contributed by atoms with Crippen molar-refractivity contribution in [1.82, 2.24) is 4.98 Å². The van der Waals surface area contributed by atoms with Gasteiger partial charge in [0, 0.05) is 25.3 Å². The van der Waals surface area contributed by atoms with E-state index in [1.165, 1.54) is 11.3 Å². The molecule has 2 aromatic carbocycles. The van der Waals surface area contributed by atoms with Gasteiger partial charge >= 0.3 is 0 Å². The number of hydrogen-bond donors (Lipinski definition) is 1. The van der Waals surface area contributed by atoms with E-state index in [-0.39, 0.29) is 5.91 Å². The third kappa shape index (κ3) is 3.49. The number of aromatic nitrogens is 1. The summed E-state index contributed by atoms with van der Waals surface area (Å²) in [5.74, 6) is 0.648. The minimum Gasteiger partial charge on any atom is -0.494 e. The van der Waals surface area contributed by atoms with Gasteiger partial charge in [-0.1, -0.05) is 11.3 Å². The first-order chi connectivity index (χ1) is 11.6. The predicted octanol–water partition coefficient (Wildman–Crippen LogP) is 4.01. The lowest BCUT2D eigenvalue weighted by molar-refractivity contribution is 0.102. The number of ether oxygens (including phenoxy) is 1. The zero-order valence-electron chi connectivity index (χ0n) is 13.9. The standard InChI is InChI=1S/C18H19N3O2S/c1-4-23-14-9-10-15-16(11-14)24-18(19-15)20-17(22)12-5-7-13(8-6-12)21(2)3/h5-11H,4H2,1-3H3,(H,19,20,22). The van der Waals surface area contributed by atoms with Crippen molar-refractivity contribution in [3.63, 3.8) is 0 Å². The topological polar surface area (TPSA) is 54.5 Å². The van der Waals surface area contributed by atoms with Crippen molar-refractivity contribution in [2.45, 2.75) is 6.92 Å². The molecule has 0 bridgehead atoms. The number of carbonyl (C=O) groups excluding carboxylic acids is 1. The molecular weight excluding hydrogens is 322 g/mol. The van der Waals surface area contributed by atoms with Crippen LogP contribution in [0.1, 0.15) is 17.3 Å². The number of nitrogens with zero attached hydrogens (tertiary/aromatic N) is 2. The molecule has 1 N–H and O–H groups in total. The predicted molar refractivity (Wildman–Crippen MR) is 99.5 cm³/mol. The molecule has 3 rings (SSSR count). The Kier molecular flexibility index (Phi) is 4.66. The van der Waals surface area contributed by atoms with Crippen LogP contribution in [0, 0.1) is 0 Å². The second-order valence-electron chi connectivity index (χ2n) is 5.48. The number of benzene rings is 2. The molecule has 124 valence electrons. The number of thiazole rings is 1. The lowest BCUT2D eigenvalue weighted by Gasteiger charge is -2.12. The third-order valence-electron chi connectivity index (χ3n) is 3.54. The molecule has 0 atom stereocenters. The summed E-state index contributed by atoms with van der Waals surface area (Å²) < 4.78 is 6.48. The molecule has 0 aliphatic carbocycles. The smallest absolute Gasteiger partial charge is 0.257 e. The Hall–Kier alpha value is -2.60. The van der Waals surface area contributed by atoms with Gasteiger partial charge in [-0.15, -0.1) is 0 Å². The zero-order chi connectivity index (χ0) is 17.1. The van der Waals surface area contributed by atoms with E-state index in [1.807, 2.05) is 68.4 Å². The highest BCUT2D eigenvalue weighted by Gasteiger charge is 2.11. The van der Waals surface area contributed by atoms with Gasteiger partial charge in [0.2, 0.25) is 0 Å². The van der Waals surface area contributed by atoms with Crippen LogP contribution in [0.3, 0.4) is 0 Å². The number of rotatable bonds is 5. The lowest BCUT2D eigenvalue weighted by atomic mass is 10.2. The molecule has 0 fully saturated rings. The van der Waals surface area contributed by atoms with Crippen LogP contribution < -0.4 is 15.0 Å². The summed E-state index contributed by atoms with van der Waals surface area (Å²) in [6, 6.07) is 13.2. The number of hydrogen-bond acceptors (Lipinski definition) is 5. The van der Waals surface area contributed by atoms with Gasteiger partial charge in [0.25, 0.3) is 5.91 Å². The first-order valence-corrected chi connectivity index (χ1v) is 8.50. The highest BCUT2D eigenvalue weighted by atomic mass is 32.1. The monoisotopic (exact) mass is 341 g/mol. The molecule has 1 heterocycles. The fraction of sp³-hybridized carbons (Fsp3) is 0.222. The van der Waals surface area contributed by atoms with Crippen LogP contribution in [-0.4, -0.2) is 31.6 Å². The molecule has 0 saturated heterocycles. The maximum absolute atomic E-state index is 12.4. The molecule has 0 aliphatic heterocycles. The number of fused-ring (bicyclic) bond motifs is 1. The molecule has 0 unspecified atom stereocenters. The van der Waals surface area contributed by atoms with E-state index in [9.17, 15) is 4.79 Å². The number of nitrogens with one attached hydrogen (secondary N) is 1. The Morgan fingerprint density at radius 1 is 1.21 bits per heavy atom. The molecule has 1 amide bonds. The average molecular weight is 341 g/mol. The minimum absolute atomic E-state index is 0.163. The van der Waals surface area contributed by atoms with Gasteiger partial charge in [-0.3, -0.25) is 10.1 Å². The fourth-order valence-electron chi connectivity index (χ4n) is 2.30. The van der Waals surface area contributed by atoms with E-state index in [0.29, 0.717) is 17.3 Å². The van der Waals surface area contributed by atoms with E-state index < -0.39 is 0 Å². The summed E-state index contributed by atoms with van der Waals surface area (Å²) >= 11 is 1.44. The molecular formula is C18H19N3O2S. The van der Waals surface area contributed by atoms with Crippen LogP contribution in [0.25, 0.3) is 10.2 Å². The van der Waals surface area contributed by atoms with Gasteiger partial charge in [-0.25, -0.2) is 4.98 Å². The Morgan fingerprint density at radius 2 is 1.96 bits per heavy atom. The van der Waals surface area contributed by atoms with Crippen LogP contribution in [0.2, 0.25) is 0 Å². The molecule has 3 aromatic rings. The summed E-state index contributed by atoms with van der Waals surface area (Å²) in [6.45, 7) is 2.57. The van der Waals surface area contributed by atoms with E-state index in [2.05, 4.69) is 10.3 Å². The van der Waals surface area contributed by atoms with Crippen LogP contribution in [0.4, 0.5) is 10.8 Å². The maximum Gasteiger partial charge on any atom is 0.257 e. The van der Waals surface area contributed by atoms with E-state index in [0.717, 1.165) is 21.7 Å². The molecule has 0 radical (unpaired) electrons. The fourth-order valence-corrected chi connectivity index (χ4v) is 3.18. The van der Waals surface area contributed by atoms with Crippen molar-refractivity contribution in [3.05, 3.63) is 48.0 Å². The maximum atomic E-state index is 12.4. The molecule has 0 aliphatic rings. The number of amides is 1. The van der Waals surface area contributed by atoms with Crippen molar-refractivity contribution in [2.24, 2.45) is 0 Å². The summed E-state index contributed by atoms with van der Waals surface area (Å²) in [5.41, 5.74) is 2.51. The highest BCUT2D eigenvalue weighted by molar-refractivity contribution is 7.22. The van der Waals surface area contributed by atoms with E-state index in [4.69, 9.17) is 4.74 Å². The second kappa shape index (κ2) is 6.88. The highest BCUT2D eigenvalue weighted by Crippen LogP contribution is 2.29. The third-order valence-corrected chi connectivity index (χ3v) is 4.47. The van der Waals surface area contributed by atoms with Crippen LogP contribution in [-0.2, 0) is 0 Å². The van der Waals surface area contributed by atoms with Gasteiger partial charge in [0.05, 0.1) is 16.8 Å². The molecule has 24 heavy (non-hydrogen) atoms. The summed E-state index contributed by atoms with van der Waals surface area (Å²) in [5, 5.41) is 3.45. The lowest BCUT2D eigenvalue weighted by Crippen LogP contribution is -2.13. The van der Waals surface area contributed by atoms with Gasteiger partial charge in [0.15, 0.2) is 5.13 Å². The quantitative estimate of drug-likeness (QED) is 0.762. The Balaban J connectivity index is 1.77. The van der Waals surface area contributed by atoms with Crippen molar-refractivity contribution in [1.29, 1.82) is 0 Å². The summed E-state index contributed by atoms with van der Waals surface area (Å²) in [4.78, 5) is 18.8. The number of carbonyl (C=O) groups is 1. The van der Waals surface area contributed by atoms with Crippen LogP contribution >= 0.6 is 11.3 Å². The molecule has 5 nitrogen and oxygen atoms in total. The van der Waals surface area contributed by atoms with Crippen LogP contribution in [0.15, 0.2) is 42.5 Å². The van der Waals surface area contributed by atoms with Gasteiger partial charge < -0.3 is 9.64 Å². The SMILES string of the molecule is CCOc1ccc2nc(NC(=O)c3ccc(N(C)C)cc3)sc2c1. The molecule has 6 heteroatoms. The van der Waals surface area contributed by atoms with Crippen molar-refractivity contribution < 1.29 is 9.53 Å². The number of anilines is 2. The van der Waals surface area contributed by atoms with Gasteiger partial charge in [-0.2, -0.15) is 0 Å². The van der Waals surface area contributed by atoms with E-state index in [1.54, 1.807) is 0 Å². The van der Waals surface area contributed by atoms with Crippen LogP contribution in [0.5, 0.6) is 5.75 Å². The second-order valence-corrected chi connectivity index (χ2v) is 6.51. The Morgan fingerprint density at radius 3 is 2.62 bits per heavy atom. The van der Waals surface area contributed by atoms with Crippen molar-refractivity contribution in [2.75, 3.05) is 30.9 Å².